The summed E-state index contributed by atoms with van der Waals surface area (Å²) >= 11 is 0. The van der Waals surface area contributed by atoms with E-state index in [-0.39, 0.29) is 0 Å². The van der Waals surface area contributed by atoms with Gasteiger partial charge in [0.1, 0.15) is 11.6 Å². The van der Waals surface area contributed by atoms with E-state index in [9.17, 15) is 0 Å². The Labute approximate surface area is 340 Å². The number of nitrogens with one attached hydrogen (secondary N) is 1. The molecule has 0 amide bonds. The van der Waals surface area contributed by atoms with E-state index >= 15 is 0 Å². The Morgan fingerprint density at radius 3 is 1.47 bits per heavy atom. The van der Waals surface area contributed by atoms with Gasteiger partial charge in [0.2, 0.25) is 0 Å². The molecule has 0 bridgehead atoms. The lowest BCUT2D eigenvalue weighted by molar-refractivity contribution is 0.908. The van der Waals surface area contributed by atoms with E-state index in [1.54, 1.807) is 0 Å². The Hall–Kier alpha value is -8.03. The minimum absolute atomic E-state index is 0.623. The molecule has 1 N–H and O–H groups in total. The first-order valence-corrected chi connectivity index (χ1v) is 19.7. The highest BCUT2D eigenvalue weighted by Gasteiger charge is 2.22. The zero-order chi connectivity index (χ0) is 39.1. The fourth-order valence-electron chi connectivity index (χ4n) is 8.05. The molecule has 0 fully saturated rings. The van der Waals surface area contributed by atoms with Crippen LogP contribution >= 0.6 is 0 Å². The van der Waals surface area contributed by atoms with E-state index in [4.69, 9.17) is 19.9 Å². The van der Waals surface area contributed by atoms with Gasteiger partial charge in [-0.1, -0.05) is 170 Å². The molecule has 7 heteroatoms. The van der Waals surface area contributed by atoms with Gasteiger partial charge in [-0.05, 0) is 45.2 Å². The summed E-state index contributed by atoms with van der Waals surface area (Å²) in [7, 11) is 0. The lowest BCUT2D eigenvalue weighted by atomic mass is 10.0. The van der Waals surface area contributed by atoms with Crippen molar-refractivity contribution < 1.29 is 0 Å². The van der Waals surface area contributed by atoms with Crippen LogP contribution in [0, 0.1) is 0 Å². The number of aromatic nitrogens is 6. The van der Waals surface area contributed by atoms with Gasteiger partial charge in [0.05, 0.1) is 11.0 Å². The summed E-state index contributed by atoms with van der Waals surface area (Å²) in [6, 6.07) is 56.6. The highest BCUT2D eigenvalue weighted by atomic mass is 15.2. The molecule has 0 saturated heterocycles. The topological polar surface area (TPSA) is 81.4 Å². The van der Waals surface area contributed by atoms with Crippen LogP contribution in [0.25, 0.3) is 106 Å². The molecule has 0 aliphatic carbocycles. The molecule has 278 valence electrons. The molecule has 59 heavy (non-hydrogen) atoms. The summed E-state index contributed by atoms with van der Waals surface area (Å²) in [5.41, 5.74) is 10.3. The standard InChI is InChI=1S/C52H35N7/c1-3-11-34(12-4-1)35-18-24-39(25-19-35)50-56-49(38-13-5-2-6-14-38)57-51(58-50)40-26-20-36(21-27-40)37-22-28-41(29-23-37)52-55-47-44-16-8-7-15-42(44)43-30-32-53-33-45(43)48(47)59(52)46-17-9-10-31-54-46/h1-30,32-33,54H,31H2. The van der Waals surface area contributed by atoms with Crippen LogP contribution in [0.2, 0.25) is 0 Å². The van der Waals surface area contributed by atoms with Crippen molar-refractivity contribution in [3.8, 4) is 67.8 Å². The van der Waals surface area contributed by atoms with Gasteiger partial charge >= 0.3 is 0 Å². The average Bonchev–Trinajstić information content (AvgIpc) is 3.74. The molecular formula is C52H35N7. The number of fused-ring (bicyclic) bond motifs is 6. The van der Waals surface area contributed by atoms with Crippen LogP contribution in [0.1, 0.15) is 0 Å². The second kappa shape index (κ2) is 14.5. The number of nitrogens with zero attached hydrogens (tertiary/aromatic N) is 6. The molecule has 0 atom stereocenters. The Morgan fingerprint density at radius 1 is 0.424 bits per heavy atom. The average molecular weight is 758 g/mol. The number of allylic oxidation sites excluding steroid dienone is 2. The maximum Gasteiger partial charge on any atom is 0.164 e. The van der Waals surface area contributed by atoms with E-state index in [1.807, 2.05) is 48.8 Å². The maximum absolute atomic E-state index is 5.37. The number of pyridine rings is 1. The van der Waals surface area contributed by atoms with Crippen LogP contribution < -0.4 is 5.32 Å². The largest absolute Gasteiger partial charge is 0.368 e. The molecule has 10 aromatic rings. The third-order valence-corrected chi connectivity index (χ3v) is 11.0. The molecule has 0 unspecified atom stereocenters. The second-order valence-corrected chi connectivity index (χ2v) is 14.6. The SMILES string of the molecule is C1=CCNC(n2c(-c3ccc(-c4ccc(-c5nc(-c6ccccc6)nc(-c6ccc(-c7ccccc7)cc6)n5)cc4)cc3)nc3c4ccccc4c4ccncc4c32)=C1. The van der Waals surface area contributed by atoms with Crippen LogP contribution in [0.15, 0.2) is 194 Å². The maximum atomic E-state index is 5.37. The molecule has 7 nitrogen and oxygen atoms in total. The first-order chi connectivity index (χ1) is 29.2. The fourth-order valence-corrected chi connectivity index (χ4v) is 8.05. The number of benzene rings is 7. The molecule has 0 radical (unpaired) electrons. The molecule has 11 rings (SSSR count). The van der Waals surface area contributed by atoms with Crippen molar-refractivity contribution in [2.45, 2.75) is 0 Å². The Morgan fingerprint density at radius 2 is 0.898 bits per heavy atom. The van der Waals surface area contributed by atoms with Crippen LogP contribution in [0.5, 0.6) is 0 Å². The molecule has 0 saturated carbocycles. The smallest absolute Gasteiger partial charge is 0.164 e. The molecule has 1 aliphatic heterocycles. The first kappa shape index (κ1) is 34.2. The summed E-state index contributed by atoms with van der Waals surface area (Å²) in [6.45, 7) is 0.741. The summed E-state index contributed by atoms with van der Waals surface area (Å²) in [4.78, 5) is 24.8. The monoisotopic (exact) mass is 757 g/mol. The van der Waals surface area contributed by atoms with E-state index in [0.717, 1.165) is 84.3 Å². The Kier molecular flexibility index (Phi) is 8.40. The molecule has 1 aliphatic rings. The minimum Gasteiger partial charge on any atom is -0.368 e. The normalized spacial score (nSPS) is 12.5. The second-order valence-electron chi connectivity index (χ2n) is 14.6. The zero-order valence-corrected chi connectivity index (χ0v) is 31.9. The van der Waals surface area contributed by atoms with Crippen molar-refractivity contribution in [1.29, 1.82) is 0 Å². The van der Waals surface area contributed by atoms with Gasteiger partial charge in [0, 0.05) is 52.0 Å². The van der Waals surface area contributed by atoms with Crippen molar-refractivity contribution in [3.63, 3.8) is 0 Å². The van der Waals surface area contributed by atoms with Crippen molar-refractivity contribution in [3.05, 3.63) is 194 Å². The van der Waals surface area contributed by atoms with Gasteiger partial charge in [-0.25, -0.2) is 19.9 Å². The van der Waals surface area contributed by atoms with E-state index < -0.39 is 0 Å². The summed E-state index contributed by atoms with van der Waals surface area (Å²) < 4.78 is 2.25. The highest BCUT2D eigenvalue weighted by Crippen LogP contribution is 2.39. The molecule has 3 aromatic heterocycles. The molecular weight excluding hydrogens is 723 g/mol. The lowest BCUT2D eigenvalue weighted by Crippen LogP contribution is -2.20. The van der Waals surface area contributed by atoms with Crippen LogP contribution in [0.3, 0.4) is 0 Å². The van der Waals surface area contributed by atoms with Gasteiger partial charge in [-0.2, -0.15) is 0 Å². The van der Waals surface area contributed by atoms with Crippen molar-refractivity contribution in [2.75, 3.05) is 6.54 Å². The van der Waals surface area contributed by atoms with E-state index in [1.165, 1.54) is 10.9 Å². The third kappa shape index (κ3) is 6.22. The van der Waals surface area contributed by atoms with Gasteiger partial charge in [-0.3, -0.25) is 9.55 Å². The number of hydrogen-bond donors (Lipinski definition) is 1. The van der Waals surface area contributed by atoms with E-state index in [0.29, 0.717) is 17.5 Å². The number of hydrogen-bond acceptors (Lipinski definition) is 6. The predicted molar refractivity (Wildman–Crippen MR) is 240 cm³/mol. The van der Waals surface area contributed by atoms with Gasteiger partial charge in [0.15, 0.2) is 17.5 Å². The zero-order valence-electron chi connectivity index (χ0n) is 31.9. The first-order valence-electron chi connectivity index (χ1n) is 19.7. The third-order valence-electron chi connectivity index (χ3n) is 11.0. The lowest BCUT2D eigenvalue weighted by Gasteiger charge is -2.18. The number of rotatable bonds is 7. The molecule has 4 heterocycles. The molecule has 7 aromatic carbocycles. The summed E-state index contributed by atoms with van der Waals surface area (Å²) in [5.74, 6) is 3.73. The fraction of sp³-hybridized carbons (Fsp3) is 0.0192. The van der Waals surface area contributed by atoms with Crippen LogP contribution in [0.4, 0.5) is 0 Å². The Balaban J connectivity index is 0.956. The minimum atomic E-state index is 0.623. The molecule has 0 spiro atoms. The number of imidazole rings is 1. The van der Waals surface area contributed by atoms with Crippen molar-refractivity contribution in [2.24, 2.45) is 0 Å². The van der Waals surface area contributed by atoms with Crippen molar-refractivity contribution >= 4 is 38.4 Å². The van der Waals surface area contributed by atoms with Crippen molar-refractivity contribution in [1.82, 2.24) is 34.8 Å². The van der Waals surface area contributed by atoms with Gasteiger partial charge < -0.3 is 5.32 Å². The number of dihydropyridines is 1. The van der Waals surface area contributed by atoms with Gasteiger partial charge in [-0.15, -0.1) is 0 Å². The predicted octanol–water partition coefficient (Wildman–Crippen LogP) is 11.9. The Bertz CT molecular complexity index is 3220. The summed E-state index contributed by atoms with van der Waals surface area (Å²) in [5, 5.41) is 8.10. The summed E-state index contributed by atoms with van der Waals surface area (Å²) in [6.07, 6.45) is 10.1. The highest BCUT2D eigenvalue weighted by molar-refractivity contribution is 6.24. The van der Waals surface area contributed by atoms with Crippen LogP contribution in [-0.4, -0.2) is 36.0 Å². The van der Waals surface area contributed by atoms with E-state index in [2.05, 4.69) is 160 Å². The quantitative estimate of drug-likeness (QED) is 0.163. The van der Waals surface area contributed by atoms with Gasteiger partial charge in [0.25, 0.3) is 0 Å². The van der Waals surface area contributed by atoms with Crippen LogP contribution in [-0.2, 0) is 0 Å².